The summed E-state index contributed by atoms with van der Waals surface area (Å²) in [5, 5.41) is 7.68. The van der Waals surface area contributed by atoms with E-state index in [1.807, 2.05) is 6.20 Å². The molecule has 1 aliphatic carbocycles. The summed E-state index contributed by atoms with van der Waals surface area (Å²) >= 11 is 0. The molecule has 1 unspecified atom stereocenters. The van der Waals surface area contributed by atoms with E-state index in [1.54, 1.807) is 0 Å². The summed E-state index contributed by atoms with van der Waals surface area (Å²) in [5.74, 6) is 2.33. The average molecular weight is 410 g/mol. The largest absolute Gasteiger partial charge is 0.355 e. The standard InChI is InChI=1S/C26H27N5/c1-4-26(18-10-6-5-7-11-18)20-14-31(15-21(20)26)22-13-27-24-23(29-30-25(24)28-22)19-12-8-9-16(2)17(19)3/h5-13,20-21H,4,14-15H2,1-3H3,(H,28,29,30)/t20-,21+,26?. The summed E-state index contributed by atoms with van der Waals surface area (Å²) in [6.07, 6.45) is 3.12. The fraction of sp³-hybridized carbons (Fsp3) is 0.346. The smallest absolute Gasteiger partial charge is 0.202 e. The molecule has 0 amide bonds. The summed E-state index contributed by atoms with van der Waals surface area (Å²) in [7, 11) is 0. The zero-order chi connectivity index (χ0) is 21.2. The summed E-state index contributed by atoms with van der Waals surface area (Å²) in [6.45, 7) is 8.69. The van der Waals surface area contributed by atoms with Gasteiger partial charge >= 0.3 is 0 Å². The number of nitrogens with zero attached hydrogens (tertiary/aromatic N) is 4. The van der Waals surface area contributed by atoms with Gasteiger partial charge in [-0.2, -0.15) is 5.10 Å². The van der Waals surface area contributed by atoms with E-state index >= 15 is 0 Å². The van der Waals surface area contributed by atoms with Crippen LogP contribution in [0.25, 0.3) is 22.4 Å². The molecular weight excluding hydrogens is 382 g/mol. The molecule has 2 fully saturated rings. The molecule has 4 aromatic rings. The SMILES string of the molecule is CCC1(c2ccccc2)[C@@H]2CN(c3cnc4c(-c5cccc(C)c5C)[nH]nc4n3)C[C@@H]21. The lowest BCUT2D eigenvalue weighted by Crippen LogP contribution is -2.30. The second-order valence-electron chi connectivity index (χ2n) is 9.12. The molecule has 2 aliphatic rings. The molecule has 5 heteroatoms. The number of aromatic nitrogens is 4. The van der Waals surface area contributed by atoms with Gasteiger partial charge in [0.1, 0.15) is 11.3 Å². The Hall–Kier alpha value is -3.21. The predicted octanol–water partition coefficient (Wildman–Crippen LogP) is 5.05. The van der Waals surface area contributed by atoms with Gasteiger partial charge in [-0.25, -0.2) is 9.97 Å². The Balaban J connectivity index is 1.28. The van der Waals surface area contributed by atoms with Crippen LogP contribution in [-0.4, -0.2) is 33.3 Å². The number of nitrogens with one attached hydrogen (secondary N) is 1. The number of fused-ring (bicyclic) bond motifs is 2. The normalized spacial score (nSPS) is 24.5. The average Bonchev–Trinajstić information content (AvgIpc) is 3.13. The minimum Gasteiger partial charge on any atom is -0.355 e. The van der Waals surface area contributed by atoms with Crippen LogP contribution in [0.15, 0.2) is 54.7 Å². The molecule has 2 aromatic heterocycles. The van der Waals surface area contributed by atoms with Crippen LogP contribution >= 0.6 is 0 Å². The zero-order valence-electron chi connectivity index (χ0n) is 18.3. The van der Waals surface area contributed by atoms with E-state index in [9.17, 15) is 0 Å². The van der Waals surface area contributed by atoms with Crippen LogP contribution in [0, 0.1) is 25.7 Å². The van der Waals surface area contributed by atoms with E-state index in [1.165, 1.54) is 23.1 Å². The van der Waals surface area contributed by atoms with Gasteiger partial charge in [-0.1, -0.05) is 55.5 Å². The molecule has 3 atom stereocenters. The number of hydrogen-bond acceptors (Lipinski definition) is 4. The van der Waals surface area contributed by atoms with Crippen LogP contribution in [0.1, 0.15) is 30.0 Å². The van der Waals surface area contributed by atoms with E-state index in [0.29, 0.717) is 22.9 Å². The number of hydrogen-bond donors (Lipinski definition) is 1. The lowest BCUT2D eigenvalue weighted by molar-refractivity contribution is 0.526. The van der Waals surface area contributed by atoms with Gasteiger partial charge in [-0.05, 0) is 48.8 Å². The maximum atomic E-state index is 4.88. The van der Waals surface area contributed by atoms with Crippen LogP contribution in [-0.2, 0) is 5.41 Å². The highest BCUT2D eigenvalue weighted by molar-refractivity contribution is 5.89. The van der Waals surface area contributed by atoms with Crippen LogP contribution < -0.4 is 4.90 Å². The molecule has 3 heterocycles. The minimum atomic E-state index is 0.345. The van der Waals surface area contributed by atoms with Crippen molar-refractivity contribution in [3.8, 4) is 11.3 Å². The molecule has 0 radical (unpaired) electrons. The van der Waals surface area contributed by atoms with Gasteiger partial charge in [0.25, 0.3) is 0 Å². The summed E-state index contributed by atoms with van der Waals surface area (Å²) in [4.78, 5) is 12.1. The van der Waals surface area contributed by atoms with Crippen molar-refractivity contribution >= 4 is 17.0 Å². The molecule has 2 aromatic carbocycles. The first-order valence-corrected chi connectivity index (χ1v) is 11.2. The lowest BCUT2D eigenvalue weighted by Gasteiger charge is -2.27. The van der Waals surface area contributed by atoms with Crippen molar-refractivity contribution in [1.29, 1.82) is 0 Å². The zero-order valence-corrected chi connectivity index (χ0v) is 18.3. The summed E-state index contributed by atoms with van der Waals surface area (Å²) in [6, 6.07) is 17.4. The first-order valence-electron chi connectivity index (χ1n) is 11.2. The van der Waals surface area contributed by atoms with Gasteiger partial charge in [0.2, 0.25) is 5.65 Å². The van der Waals surface area contributed by atoms with Crippen molar-refractivity contribution in [2.45, 2.75) is 32.6 Å². The second-order valence-corrected chi connectivity index (χ2v) is 9.12. The molecule has 0 spiro atoms. The lowest BCUT2D eigenvalue weighted by atomic mass is 9.87. The van der Waals surface area contributed by atoms with Gasteiger partial charge in [0.15, 0.2) is 0 Å². The molecule has 1 saturated carbocycles. The predicted molar refractivity (Wildman–Crippen MR) is 124 cm³/mol. The van der Waals surface area contributed by atoms with E-state index in [4.69, 9.17) is 9.97 Å². The molecule has 0 bridgehead atoms. The first-order chi connectivity index (χ1) is 15.1. The van der Waals surface area contributed by atoms with Crippen molar-refractivity contribution in [1.82, 2.24) is 20.2 Å². The van der Waals surface area contributed by atoms with Crippen molar-refractivity contribution in [2.75, 3.05) is 18.0 Å². The third-order valence-electron chi connectivity index (χ3n) is 7.88. The molecule has 31 heavy (non-hydrogen) atoms. The number of aryl methyl sites for hydroxylation is 1. The van der Waals surface area contributed by atoms with Crippen LogP contribution in [0.2, 0.25) is 0 Å². The van der Waals surface area contributed by atoms with E-state index in [2.05, 4.69) is 84.4 Å². The third-order valence-corrected chi connectivity index (χ3v) is 7.88. The minimum absolute atomic E-state index is 0.345. The van der Waals surface area contributed by atoms with Gasteiger partial charge in [-0.3, -0.25) is 5.10 Å². The van der Waals surface area contributed by atoms with E-state index < -0.39 is 0 Å². The number of benzene rings is 2. The number of rotatable bonds is 4. The Kier molecular flexibility index (Phi) is 3.98. The van der Waals surface area contributed by atoms with Gasteiger partial charge in [-0.15, -0.1) is 0 Å². The quantitative estimate of drug-likeness (QED) is 0.512. The van der Waals surface area contributed by atoms with Gasteiger partial charge < -0.3 is 4.90 Å². The van der Waals surface area contributed by atoms with Gasteiger partial charge in [0, 0.05) is 24.1 Å². The fourth-order valence-electron chi connectivity index (χ4n) is 5.97. The number of anilines is 1. The Bertz CT molecular complexity index is 1260. The van der Waals surface area contributed by atoms with Crippen LogP contribution in [0.4, 0.5) is 5.82 Å². The highest BCUT2D eigenvalue weighted by atomic mass is 15.3. The first kappa shape index (κ1) is 18.6. The van der Waals surface area contributed by atoms with Crippen molar-refractivity contribution in [3.05, 3.63) is 71.4 Å². The maximum absolute atomic E-state index is 4.88. The fourth-order valence-corrected chi connectivity index (χ4v) is 5.97. The van der Waals surface area contributed by atoms with Gasteiger partial charge in [0.05, 0.1) is 11.9 Å². The summed E-state index contributed by atoms with van der Waals surface area (Å²) in [5.41, 5.74) is 7.98. The Morgan fingerprint density at radius 2 is 1.81 bits per heavy atom. The van der Waals surface area contributed by atoms with Crippen molar-refractivity contribution in [3.63, 3.8) is 0 Å². The van der Waals surface area contributed by atoms with Crippen LogP contribution in [0.5, 0.6) is 0 Å². The highest BCUT2D eigenvalue weighted by Gasteiger charge is 2.67. The van der Waals surface area contributed by atoms with E-state index in [-0.39, 0.29) is 0 Å². The topological polar surface area (TPSA) is 57.7 Å². The Labute approximate surface area is 182 Å². The second kappa shape index (κ2) is 6.64. The van der Waals surface area contributed by atoms with Crippen molar-refractivity contribution in [2.24, 2.45) is 11.8 Å². The number of H-pyrrole nitrogens is 1. The third kappa shape index (κ3) is 2.59. The molecule has 6 rings (SSSR count). The maximum Gasteiger partial charge on any atom is 0.202 e. The number of aromatic amines is 1. The Morgan fingerprint density at radius 3 is 2.55 bits per heavy atom. The molecule has 1 aliphatic heterocycles. The summed E-state index contributed by atoms with van der Waals surface area (Å²) < 4.78 is 0. The molecule has 1 N–H and O–H groups in total. The van der Waals surface area contributed by atoms with Crippen LogP contribution in [0.3, 0.4) is 0 Å². The van der Waals surface area contributed by atoms with E-state index in [0.717, 1.165) is 35.7 Å². The molecular formula is C26H27N5. The van der Waals surface area contributed by atoms with Crippen molar-refractivity contribution < 1.29 is 0 Å². The molecule has 5 nitrogen and oxygen atoms in total. The highest BCUT2D eigenvalue weighted by Crippen LogP contribution is 2.65. The monoisotopic (exact) mass is 409 g/mol. The molecule has 156 valence electrons. The Morgan fingerprint density at radius 1 is 1.03 bits per heavy atom. The number of piperidine rings is 1. The molecule has 1 saturated heterocycles.